The van der Waals surface area contributed by atoms with Crippen molar-refractivity contribution in [1.82, 2.24) is 4.90 Å². The second-order valence-corrected chi connectivity index (χ2v) is 8.35. The Hall–Kier alpha value is -2.88. The Morgan fingerprint density at radius 2 is 1.76 bits per heavy atom. The van der Waals surface area contributed by atoms with Gasteiger partial charge in [-0.1, -0.05) is 51.1 Å². The molecule has 2 aromatic carbocycles. The van der Waals surface area contributed by atoms with E-state index in [1.165, 1.54) is 5.56 Å². The van der Waals surface area contributed by atoms with Gasteiger partial charge >= 0.3 is 0 Å². The molecule has 1 unspecified atom stereocenters. The summed E-state index contributed by atoms with van der Waals surface area (Å²) in [5.41, 5.74) is 4.95. The first-order valence-electron chi connectivity index (χ1n) is 10.3. The maximum Gasteiger partial charge on any atom is 0.290 e. The number of hydrogen-bond donors (Lipinski definition) is 0. The van der Waals surface area contributed by atoms with Crippen molar-refractivity contribution in [3.05, 3.63) is 80.2 Å². The molecule has 1 atom stereocenters. The lowest BCUT2D eigenvalue weighted by atomic mass is 9.94. The molecule has 150 valence electrons. The van der Waals surface area contributed by atoms with Crippen LogP contribution in [0.3, 0.4) is 0 Å². The van der Waals surface area contributed by atoms with Crippen LogP contribution in [0.25, 0.3) is 11.0 Å². The van der Waals surface area contributed by atoms with Crippen LogP contribution in [0.15, 0.2) is 45.6 Å². The van der Waals surface area contributed by atoms with Crippen molar-refractivity contribution >= 4 is 16.9 Å². The number of carbonyl (C=O) groups excluding carboxylic acids is 1. The van der Waals surface area contributed by atoms with Gasteiger partial charge in [-0.25, -0.2) is 0 Å². The molecule has 0 bridgehead atoms. The van der Waals surface area contributed by atoms with E-state index in [9.17, 15) is 9.59 Å². The van der Waals surface area contributed by atoms with Crippen molar-refractivity contribution in [2.75, 3.05) is 6.54 Å². The molecule has 0 saturated carbocycles. The highest BCUT2D eigenvalue weighted by atomic mass is 16.3. The molecule has 0 N–H and O–H groups in total. The lowest BCUT2D eigenvalue weighted by Gasteiger charge is -2.25. The molecule has 29 heavy (non-hydrogen) atoms. The summed E-state index contributed by atoms with van der Waals surface area (Å²) in [7, 11) is 0. The highest BCUT2D eigenvalue weighted by Gasteiger charge is 2.42. The Bertz CT molecular complexity index is 1160. The zero-order valence-electron chi connectivity index (χ0n) is 17.7. The molecule has 0 aliphatic carbocycles. The van der Waals surface area contributed by atoms with Crippen LogP contribution in [-0.2, 0) is 0 Å². The summed E-state index contributed by atoms with van der Waals surface area (Å²) in [4.78, 5) is 28.5. The minimum absolute atomic E-state index is 0.0991. The first kappa shape index (κ1) is 19.4. The SMILES string of the molecule is CCCN1C(=O)c2oc3c(C)cc(C)cc3c(=O)c2C1c1ccc(C(C)C)cc1. The van der Waals surface area contributed by atoms with Gasteiger partial charge < -0.3 is 9.32 Å². The van der Waals surface area contributed by atoms with Gasteiger partial charge in [-0.15, -0.1) is 0 Å². The van der Waals surface area contributed by atoms with Crippen molar-refractivity contribution in [2.45, 2.75) is 53.0 Å². The molecule has 1 amide bonds. The predicted molar refractivity (Wildman–Crippen MR) is 116 cm³/mol. The van der Waals surface area contributed by atoms with Gasteiger partial charge in [-0.05, 0) is 54.5 Å². The summed E-state index contributed by atoms with van der Waals surface area (Å²) in [5, 5.41) is 0.552. The molecule has 0 fully saturated rings. The van der Waals surface area contributed by atoms with Gasteiger partial charge in [0.15, 0.2) is 5.43 Å². The smallest absolute Gasteiger partial charge is 0.290 e. The molecule has 0 radical (unpaired) electrons. The number of aryl methyl sites for hydroxylation is 2. The predicted octanol–water partition coefficient (Wildman–Crippen LogP) is 5.49. The molecule has 0 saturated heterocycles. The average Bonchev–Trinajstić information content (AvgIpc) is 2.96. The standard InChI is InChI=1S/C25H27NO3/c1-6-11-26-21(18-9-7-17(8-10-18)14(2)3)20-22(27)19-13-15(4)12-16(5)23(19)29-24(20)25(26)28/h7-10,12-14,21H,6,11H2,1-5H3. The molecule has 1 aromatic heterocycles. The maximum absolute atomic E-state index is 13.5. The molecular weight excluding hydrogens is 362 g/mol. The first-order valence-corrected chi connectivity index (χ1v) is 10.3. The number of carbonyl (C=O) groups is 1. The van der Waals surface area contributed by atoms with Crippen molar-refractivity contribution in [2.24, 2.45) is 0 Å². The first-order chi connectivity index (χ1) is 13.8. The highest BCUT2D eigenvalue weighted by molar-refractivity contribution is 5.99. The van der Waals surface area contributed by atoms with Crippen LogP contribution >= 0.6 is 0 Å². The topological polar surface area (TPSA) is 50.5 Å². The van der Waals surface area contributed by atoms with E-state index in [4.69, 9.17) is 4.42 Å². The molecule has 0 spiro atoms. The Morgan fingerprint density at radius 3 is 2.38 bits per heavy atom. The van der Waals surface area contributed by atoms with Gasteiger partial charge in [0.1, 0.15) is 5.58 Å². The fourth-order valence-corrected chi connectivity index (χ4v) is 4.36. The van der Waals surface area contributed by atoms with Crippen molar-refractivity contribution < 1.29 is 9.21 Å². The van der Waals surface area contributed by atoms with Gasteiger partial charge in [-0.3, -0.25) is 9.59 Å². The average molecular weight is 389 g/mol. The van der Waals surface area contributed by atoms with Crippen LogP contribution in [0, 0.1) is 13.8 Å². The summed E-state index contributed by atoms with van der Waals surface area (Å²) < 4.78 is 6.08. The summed E-state index contributed by atoms with van der Waals surface area (Å²) in [6.45, 7) is 10.8. The zero-order valence-corrected chi connectivity index (χ0v) is 17.7. The van der Waals surface area contributed by atoms with Crippen LogP contribution in [0.1, 0.15) is 77.5 Å². The summed E-state index contributed by atoms with van der Waals surface area (Å²) in [6.07, 6.45) is 0.812. The largest absolute Gasteiger partial charge is 0.450 e. The summed E-state index contributed by atoms with van der Waals surface area (Å²) in [5.74, 6) is 0.424. The molecule has 4 rings (SSSR count). The van der Waals surface area contributed by atoms with E-state index in [0.717, 1.165) is 23.1 Å². The van der Waals surface area contributed by atoms with E-state index >= 15 is 0 Å². The van der Waals surface area contributed by atoms with E-state index < -0.39 is 6.04 Å². The molecule has 3 aromatic rings. The summed E-state index contributed by atoms with van der Waals surface area (Å²) in [6, 6.07) is 11.7. The van der Waals surface area contributed by atoms with Crippen LogP contribution < -0.4 is 5.43 Å². The minimum Gasteiger partial charge on any atom is -0.450 e. The van der Waals surface area contributed by atoms with E-state index in [1.807, 2.05) is 45.0 Å². The Labute approximate surface area is 171 Å². The highest BCUT2D eigenvalue weighted by Crippen LogP contribution is 2.39. The number of fused-ring (bicyclic) bond motifs is 2. The number of hydrogen-bond acceptors (Lipinski definition) is 3. The third-order valence-electron chi connectivity index (χ3n) is 5.78. The molecule has 4 nitrogen and oxygen atoms in total. The van der Waals surface area contributed by atoms with Gasteiger partial charge in [0, 0.05) is 6.54 Å². The third-order valence-corrected chi connectivity index (χ3v) is 5.78. The molecule has 2 heterocycles. The fourth-order valence-electron chi connectivity index (χ4n) is 4.36. The van der Waals surface area contributed by atoms with E-state index in [0.29, 0.717) is 29.0 Å². The Morgan fingerprint density at radius 1 is 1.07 bits per heavy atom. The second kappa shape index (κ2) is 7.18. The quantitative estimate of drug-likeness (QED) is 0.593. The van der Waals surface area contributed by atoms with Crippen LogP contribution in [-0.4, -0.2) is 17.4 Å². The van der Waals surface area contributed by atoms with Crippen molar-refractivity contribution in [1.29, 1.82) is 0 Å². The van der Waals surface area contributed by atoms with Gasteiger partial charge in [0.25, 0.3) is 5.91 Å². The monoisotopic (exact) mass is 389 g/mol. The van der Waals surface area contributed by atoms with Gasteiger partial charge in [0.05, 0.1) is 17.0 Å². The molecule has 1 aliphatic rings. The number of rotatable bonds is 4. The van der Waals surface area contributed by atoms with Crippen LogP contribution in [0.5, 0.6) is 0 Å². The number of amides is 1. The fraction of sp³-hybridized carbons (Fsp3) is 0.360. The van der Waals surface area contributed by atoms with Crippen molar-refractivity contribution in [3.8, 4) is 0 Å². The lowest BCUT2D eigenvalue weighted by molar-refractivity contribution is 0.0728. The van der Waals surface area contributed by atoms with E-state index in [1.54, 1.807) is 4.90 Å². The Balaban J connectivity index is 1.98. The molecular formula is C25H27NO3. The van der Waals surface area contributed by atoms with Gasteiger partial charge in [-0.2, -0.15) is 0 Å². The summed E-state index contributed by atoms with van der Waals surface area (Å²) >= 11 is 0. The van der Waals surface area contributed by atoms with E-state index in [2.05, 4.69) is 26.0 Å². The molecule has 1 aliphatic heterocycles. The maximum atomic E-state index is 13.5. The third kappa shape index (κ3) is 3.07. The molecule has 4 heteroatoms. The zero-order chi connectivity index (χ0) is 20.9. The van der Waals surface area contributed by atoms with Crippen LogP contribution in [0.2, 0.25) is 0 Å². The number of benzene rings is 2. The lowest BCUT2D eigenvalue weighted by Crippen LogP contribution is -2.30. The normalized spacial score (nSPS) is 16.1. The van der Waals surface area contributed by atoms with Gasteiger partial charge in [0.2, 0.25) is 5.76 Å². The minimum atomic E-state index is -0.403. The van der Waals surface area contributed by atoms with Crippen LogP contribution in [0.4, 0.5) is 0 Å². The van der Waals surface area contributed by atoms with E-state index in [-0.39, 0.29) is 17.1 Å². The Kier molecular flexibility index (Phi) is 4.81. The van der Waals surface area contributed by atoms with Crippen molar-refractivity contribution in [3.63, 3.8) is 0 Å². The second-order valence-electron chi connectivity index (χ2n) is 8.35. The number of nitrogens with zero attached hydrogens (tertiary/aromatic N) is 1.